The van der Waals surface area contributed by atoms with E-state index >= 15 is 0 Å². The highest BCUT2D eigenvalue weighted by molar-refractivity contribution is 5.47. The molecule has 5 heteroatoms. The fraction of sp³-hybridized carbons (Fsp3) is 0.667. The lowest BCUT2D eigenvalue weighted by atomic mass is 9.92. The van der Waals surface area contributed by atoms with Crippen molar-refractivity contribution in [1.82, 2.24) is 10.3 Å². The molecule has 1 rings (SSSR count). The molecule has 0 aliphatic carbocycles. The molecule has 1 aromatic heterocycles. The Morgan fingerprint density at radius 2 is 2.05 bits per heavy atom. The lowest BCUT2D eigenvalue weighted by Crippen LogP contribution is -2.35. The molecule has 0 spiro atoms. The van der Waals surface area contributed by atoms with Gasteiger partial charge < -0.3 is 5.32 Å². The Morgan fingerprint density at radius 1 is 1.40 bits per heavy atom. The number of nitro groups is 1. The van der Waals surface area contributed by atoms with Crippen LogP contribution in [-0.4, -0.2) is 22.5 Å². The molecule has 5 nitrogen and oxygen atoms in total. The number of aromatic nitrogens is 1. The summed E-state index contributed by atoms with van der Waals surface area (Å²) >= 11 is 0. The van der Waals surface area contributed by atoms with E-state index in [9.17, 15) is 10.1 Å². The number of aryl methyl sites for hydroxylation is 1. The third-order valence-corrected chi connectivity index (χ3v) is 3.87. The van der Waals surface area contributed by atoms with Gasteiger partial charge in [-0.3, -0.25) is 15.1 Å². The number of nitrogens with zero attached hydrogens (tertiary/aromatic N) is 2. The van der Waals surface area contributed by atoms with Gasteiger partial charge >= 0.3 is 0 Å². The molecule has 0 saturated heterocycles. The van der Waals surface area contributed by atoms with Crippen molar-refractivity contribution in [2.75, 3.05) is 6.54 Å². The monoisotopic (exact) mass is 279 g/mol. The summed E-state index contributed by atoms with van der Waals surface area (Å²) in [6.07, 6.45) is 3.42. The summed E-state index contributed by atoms with van der Waals surface area (Å²) in [6.45, 7) is 10.9. The molecule has 0 saturated carbocycles. The lowest BCUT2D eigenvalue weighted by molar-refractivity contribution is -0.386. The maximum Gasteiger partial charge on any atom is 0.278 e. The SMILES string of the molecule is CCNC(CC)C(C)Cc1ncc(C)c([N+](=O)[O-])c1C. The van der Waals surface area contributed by atoms with E-state index in [4.69, 9.17) is 0 Å². The summed E-state index contributed by atoms with van der Waals surface area (Å²) < 4.78 is 0. The number of pyridine rings is 1. The number of rotatable bonds is 7. The van der Waals surface area contributed by atoms with Crippen molar-refractivity contribution in [3.05, 3.63) is 33.1 Å². The molecular formula is C15H25N3O2. The second kappa shape index (κ2) is 7.33. The van der Waals surface area contributed by atoms with Crippen LogP contribution in [0.25, 0.3) is 0 Å². The highest BCUT2D eigenvalue weighted by Gasteiger charge is 2.22. The van der Waals surface area contributed by atoms with Crippen molar-refractivity contribution in [2.45, 2.75) is 53.5 Å². The Morgan fingerprint density at radius 3 is 2.55 bits per heavy atom. The van der Waals surface area contributed by atoms with Crippen LogP contribution in [0.4, 0.5) is 5.69 Å². The number of nitrogens with one attached hydrogen (secondary N) is 1. The molecule has 0 amide bonds. The zero-order valence-corrected chi connectivity index (χ0v) is 13.1. The molecule has 2 atom stereocenters. The minimum Gasteiger partial charge on any atom is -0.314 e. The van der Waals surface area contributed by atoms with Crippen LogP contribution >= 0.6 is 0 Å². The highest BCUT2D eigenvalue weighted by Crippen LogP contribution is 2.26. The van der Waals surface area contributed by atoms with E-state index in [-0.39, 0.29) is 10.6 Å². The maximum atomic E-state index is 11.1. The van der Waals surface area contributed by atoms with Crippen molar-refractivity contribution in [3.8, 4) is 0 Å². The summed E-state index contributed by atoms with van der Waals surface area (Å²) in [6, 6.07) is 0.418. The molecule has 0 radical (unpaired) electrons. The van der Waals surface area contributed by atoms with Gasteiger partial charge in [0.1, 0.15) is 0 Å². The largest absolute Gasteiger partial charge is 0.314 e. The van der Waals surface area contributed by atoms with Crippen LogP contribution in [0, 0.1) is 29.9 Å². The second-order valence-electron chi connectivity index (χ2n) is 5.37. The zero-order valence-electron chi connectivity index (χ0n) is 13.1. The Balaban J connectivity index is 2.98. The van der Waals surface area contributed by atoms with E-state index < -0.39 is 0 Å². The van der Waals surface area contributed by atoms with Gasteiger partial charge in [0.2, 0.25) is 0 Å². The first kappa shape index (κ1) is 16.6. The van der Waals surface area contributed by atoms with Gasteiger partial charge in [0.05, 0.1) is 10.6 Å². The van der Waals surface area contributed by atoms with Crippen molar-refractivity contribution < 1.29 is 4.92 Å². The molecule has 0 fully saturated rings. The smallest absolute Gasteiger partial charge is 0.278 e. The first-order valence-electron chi connectivity index (χ1n) is 7.25. The van der Waals surface area contributed by atoms with Gasteiger partial charge in [-0.2, -0.15) is 0 Å². The molecule has 2 unspecified atom stereocenters. The van der Waals surface area contributed by atoms with Crippen molar-refractivity contribution >= 4 is 5.69 Å². The van der Waals surface area contributed by atoms with Crippen LogP contribution < -0.4 is 5.32 Å². The average molecular weight is 279 g/mol. The fourth-order valence-electron chi connectivity index (χ4n) is 2.71. The lowest BCUT2D eigenvalue weighted by Gasteiger charge is -2.23. The molecule has 1 heterocycles. The molecule has 0 bridgehead atoms. The second-order valence-corrected chi connectivity index (χ2v) is 5.37. The summed E-state index contributed by atoms with van der Waals surface area (Å²) in [7, 11) is 0. The van der Waals surface area contributed by atoms with Gasteiger partial charge in [0.25, 0.3) is 5.69 Å². The summed E-state index contributed by atoms with van der Waals surface area (Å²) in [5.41, 5.74) is 2.38. The van der Waals surface area contributed by atoms with E-state index in [1.54, 1.807) is 20.0 Å². The average Bonchev–Trinajstić information content (AvgIpc) is 2.38. The van der Waals surface area contributed by atoms with Gasteiger partial charge in [0, 0.05) is 23.4 Å². The van der Waals surface area contributed by atoms with Crippen LogP contribution in [0.15, 0.2) is 6.20 Å². The summed E-state index contributed by atoms with van der Waals surface area (Å²) in [5, 5.41) is 14.6. The summed E-state index contributed by atoms with van der Waals surface area (Å²) in [4.78, 5) is 15.2. The van der Waals surface area contributed by atoms with Gasteiger partial charge in [-0.05, 0) is 39.2 Å². The van der Waals surface area contributed by atoms with E-state index in [0.717, 1.165) is 25.1 Å². The van der Waals surface area contributed by atoms with Gasteiger partial charge in [-0.25, -0.2) is 0 Å². The Kier molecular flexibility index (Phi) is 6.07. The van der Waals surface area contributed by atoms with E-state index in [0.29, 0.717) is 23.1 Å². The standard InChI is InChI=1S/C15H25N3O2/c1-6-13(16-7-2)10(3)8-14-12(5)15(18(19)20)11(4)9-17-14/h9-10,13,16H,6-8H2,1-5H3. The molecule has 0 aliphatic rings. The Bertz CT molecular complexity index is 474. The van der Waals surface area contributed by atoms with Crippen LogP contribution in [-0.2, 0) is 6.42 Å². The summed E-state index contributed by atoms with van der Waals surface area (Å²) in [5.74, 6) is 0.397. The number of hydrogen-bond donors (Lipinski definition) is 1. The number of hydrogen-bond acceptors (Lipinski definition) is 4. The minimum atomic E-state index is -0.303. The predicted octanol–water partition coefficient (Wildman–Crippen LogP) is 3.17. The van der Waals surface area contributed by atoms with Gasteiger partial charge in [0.15, 0.2) is 0 Å². The molecule has 0 aromatic carbocycles. The topological polar surface area (TPSA) is 68.1 Å². The maximum absolute atomic E-state index is 11.1. The van der Waals surface area contributed by atoms with E-state index in [2.05, 4.69) is 31.1 Å². The van der Waals surface area contributed by atoms with E-state index in [1.807, 2.05) is 0 Å². The third kappa shape index (κ3) is 3.76. The molecule has 1 aromatic rings. The molecule has 0 aliphatic heterocycles. The molecule has 1 N–H and O–H groups in total. The molecule has 112 valence electrons. The quantitative estimate of drug-likeness (QED) is 0.615. The van der Waals surface area contributed by atoms with Gasteiger partial charge in [-0.15, -0.1) is 0 Å². The normalized spacial score (nSPS) is 14.1. The predicted molar refractivity (Wildman–Crippen MR) is 81.0 cm³/mol. The Labute approximate surface area is 121 Å². The van der Waals surface area contributed by atoms with Crippen molar-refractivity contribution in [2.24, 2.45) is 5.92 Å². The third-order valence-electron chi connectivity index (χ3n) is 3.87. The van der Waals surface area contributed by atoms with Crippen LogP contribution in [0.5, 0.6) is 0 Å². The molecular weight excluding hydrogens is 254 g/mol. The minimum absolute atomic E-state index is 0.207. The van der Waals surface area contributed by atoms with Crippen LogP contribution in [0.1, 0.15) is 44.0 Å². The van der Waals surface area contributed by atoms with Crippen molar-refractivity contribution in [3.63, 3.8) is 0 Å². The first-order valence-corrected chi connectivity index (χ1v) is 7.25. The fourth-order valence-corrected chi connectivity index (χ4v) is 2.71. The van der Waals surface area contributed by atoms with Crippen LogP contribution in [0.2, 0.25) is 0 Å². The zero-order chi connectivity index (χ0) is 15.3. The molecule has 20 heavy (non-hydrogen) atoms. The van der Waals surface area contributed by atoms with Gasteiger partial charge in [-0.1, -0.05) is 20.8 Å². The first-order chi connectivity index (χ1) is 9.42. The van der Waals surface area contributed by atoms with Crippen LogP contribution in [0.3, 0.4) is 0 Å². The van der Waals surface area contributed by atoms with Crippen molar-refractivity contribution in [1.29, 1.82) is 0 Å². The van der Waals surface area contributed by atoms with E-state index in [1.165, 1.54) is 0 Å². The highest BCUT2D eigenvalue weighted by atomic mass is 16.6. The Hall–Kier alpha value is -1.49.